The number of likely N-dealkylation sites (tertiary alicyclic amines) is 1. The quantitative estimate of drug-likeness (QED) is 0.912. The number of nitrogens with one attached hydrogen (secondary N) is 1. The first-order valence-electron chi connectivity index (χ1n) is 7.43. The number of amides is 1. The van der Waals surface area contributed by atoms with Gasteiger partial charge in [0.15, 0.2) is 0 Å². The Labute approximate surface area is 128 Å². The first-order chi connectivity index (χ1) is 10.7. The zero-order valence-electron chi connectivity index (χ0n) is 12.5. The van der Waals surface area contributed by atoms with Crippen LogP contribution in [0.5, 0.6) is 0 Å². The van der Waals surface area contributed by atoms with Gasteiger partial charge in [-0.05, 0) is 30.5 Å². The maximum Gasteiger partial charge on any atom is 0.292 e. The Morgan fingerprint density at radius 2 is 2.09 bits per heavy atom. The van der Waals surface area contributed by atoms with E-state index in [-0.39, 0.29) is 17.8 Å². The van der Waals surface area contributed by atoms with Gasteiger partial charge in [-0.1, -0.05) is 5.16 Å². The summed E-state index contributed by atoms with van der Waals surface area (Å²) in [6.45, 7) is 4.51. The first-order valence-corrected chi connectivity index (χ1v) is 7.43. The van der Waals surface area contributed by atoms with Gasteiger partial charge in [0, 0.05) is 45.0 Å². The molecule has 0 bridgehead atoms. The van der Waals surface area contributed by atoms with Crippen molar-refractivity contribution in [2.24, 2.45) is 0 Å². The van der Waals surface area contributed by atoms with Crippen molar-refractivity contribution < 1.29 is 9.32 Å². The molecule has 0 atom stereocenters. The predicted octanol–water partition coefficient (Wildman–Crippen LogP) is 1.17. The van der Waals surface area contributed by atoms with E-state index in [1.807, 2.05) is 24.5 Å². The summed E-state index contributed by atoms with van der Waals surface area (Å²) in [5.41, 5.74) is 1.26. The summed E-state index contributed by atoms with van der Waals surface area (Å²) < 4.78 is 4.82. The minimum absolute atomic E-state index is 0.108. The smallest absolute Gasteiger partial charge is 0.292 e. The van der Waals surface area contributed by atoms with Crippen LogP contribution in [-0.4, -0.2) is 45.1 Å². The molecule has 7 heteroatoms. The Morgan fingerprint density at radius 3 is 2.73 bits per heavy atom. The number of rotatable bonds is 4. The summed E-state index contributed by atoms with van der Waals surface area (Å²) in [5.74, 6) is 0.249. The molecule has 1 N–H and O–H groups in total. The van der Waals surface area contributed by atoms with Gasteiger partial charge in [-0.15, -0.1) is 0 Å². The monoisotopic (exact) mass is 301 g/mol. The number of hydrogen-bond acceptors (Lipinski definition) is 6. The van der Waals surface area contributed by atoms with Crippen LogP contribution < -0.4 is 5.32 Å². The molecule has 1 fully saturated rings. The zero-order valence-corrected chi connectivity index (χ0v) is 12.5. The highest BCUT2D eigenvalue weighted by molar-refractivity contribution is 5.90. The van der Waals surface area contributed by atoms with Crippen molar-refractivity contribution in [2.75, 3.05) is 13.1 Å². The van der Waals surface area contributed by atoms with Gasteiger partial charge in [0.25, 0.3) is 11.7 Å². The maximum atomic E-state index is 12.0. The van der Waals surface area contributed by atoms with E-state index in [0.717, 1.165) is 32.5 Å². The topological polar surface area (TPSA) is 84.2 Å². The van der Waals surface area contributed by atoms with E-state index in [1.54, 1.807) is 6.92 Å². The molecule has 1 aliphatic heterocycles. The van der Waals surface area contributed by atoms with Gasteiger partial charge in [-0.25, -0.2) is 0 Å². The zero-order chi connectivity index (χ0) is 15.4. The van der Waals surface area contributed by atoms with E-state index in [9.17, 15) is 4.79 Å². The molecule has 0 radical (unpaired) electrons. The normalized spacial score (nSPS) is 16.6. The number of piperidine rings is 1. The highest BCUT2D eigenvalue weighted by Gasteiger charge is 2.23. The number of aromatic nitrogens is 3. The average Bonchev–Trinajstić information content (AvgIpc) is 2.97. The largest absolute Gasteiger partial charge is 0.346 e. The lowest BCUT2D eigenvalue weighted by Gasteiger charge is -2.32. The van der Waals surface area contributed by atoms with Crippen LogP contribution in [-0.2, 0) is 6.54 Å². The summed E-state index contributed by atoms with van der Waals surface area (Å²) in [7, 11) is 0. The van der Waals surface area contributed by atoms with Crippen LogP contribution >= 0.6 is 0 Å². The second-order valence-corrected chi connectivity index (χ2v) is 5.52. The fourth-order valence-electron chi connectivity index (χ4n) is 2.62. The number of carbonyl (C=O) groups excluding carboxylic acids is 1. The summed E-state index contributed by atoms with van der Waals surface area (Å²) >= 11 is 0. The van der Waals surface area contributed by atoms with Crippen molar-refractivity contribution in [2.45, 2.75) is 32.4 Å². The first kappa shape index (κ1) is 14.6. The highest BCUT2D eigenvalue weighted by Crippen LogP contribution is 2.14. The highest BCUT2D eigenvalue weighted by atomic mass is 16.5. The summed E-state index contributed by atoms with van der Waals surface area (Å²) in [6.07, 6.45) is 5.48. The second kappa shape index (κ2) is 6.65. The summed E-state index contributed by atoms with van der Waals surface area (Å²) in [5, 5.41) is 6.61. The molecule has 7 nitrogen and oxygen atoms in total. The summed E-state index contributed by atoms with van der Waals surface area (Å²) in [6, 6.07) is 4.23. The lowest BCUT2D eigenvalue weighted by Crippen LogP contribution is -2.44. The Balaban J connectivity index is 1.46. The molecule has 116 valence electrons. The third kappa shape index (κ3) is 3.67. The van der Waals surface area contributed by atoms with Crippen LogP contribution in [0.1, 0.15) is 34.9 Å². The number of aryl methyl sites for hydroxylation is 1. The minimum Gasteiger partial charge on any atom is -0.346 e. The molecular formula is C15H19N5O2. The van der Waals surface area contributed by atoms with E-state index in [1.165, 1.54) is 5.56 Å². The van der Waals surface area contributed by atoms with Crippen molar-refractivity contribution in [3.05, 3.63) is 41.8 Å². The lowest BCUT2D eigenvalue weighted by molar-refractivity contribution is 0.0895. The van der Waals surface area contributed by atoms with Gasteiger partial charge in [0.05, 0.1) is 0 Å². The molecule has 3 rings (SSSR count). The molecule has 1 saturated heterocycles. The fraction of sp³-hybridized carbons (Fsp3) is 0.467. The van der Waals surface area contributed by atoms with E-state index in [2.05, 4.69) is 25.3 Å². The van der Waals surface area contributed by atoms with Crippen molar-refractivity contribution in [1.82, 2.24) is 25.3 Å². The fourth-order valence-corrected chi connectivity index (χ4v) is 2.62. The third-order valence-corrected chi connectivity index (χ3v) is 3.81. The molecule has 0 aliphatic carbocycles. The van der Waals surface area contributed by atoms with E-state index in [0.29, 0.717) is 5.89 Å². The molecule has 2 aromatic rings. The standard InChI is InChI=1S/C15H19N5O2/c1-11-17-14(19-22-11)15(21)18-13-4-8-20(9-5-13)10-12-2-6-16-7-3-12/h2-3,6-7,13H,4-5,8-10H2,1H3,(H,18,21). The van der Waals surface area contributed by atoms with Gasteiger partial charge in [-0.2, -0.15) is 4.98 Å². The minimum atomic E-state index is -0.260. The van der Waals surface area contributed by atoms with Crippen LogP contribution in [0.4, 0.5) is 0 Å². The second-order valence-electron chi connectivity index (χ2n) is 5.52. The van der Waals surface area contributed by atoms with Gasteiger partial charge < -0.3 is 9.84 Å². The molecule has 22 heavy (non-hydrogen) atoms. The van der Waals surface area contributed by atoms with Gasteiger partial charge in [0.2, 0.25) is 5.89 Å². The lowest BCUT2D eigenvalue weighted by atomic mass is 10.0. The van der Waals surface area contributed by atoms with Crippen molar-refractivity contribution in [1.29, 1.82) is 0 Å². The third-order valence-electron chi connectivity index (χ3n) is 3.81. The number of hydrogen-bond donors (Lipinski definition) is 1. The van der Waals surface area contributed by atoms with E-state index >= 15 is 0 Å². The molecule has 0 aromatic carbocycles. The van der Waals surface area contributed by atoms with Gasteiger partial charge in [-0.3, -0.25) is 14.7 Å². The Kier molecular flexibility index (Phi) is 4.43. The van der Waals surface area contributed by atoms with Crippen LogP contribution in [0.3, 0.4) is 0 Å². The number of pyridine rings is 1. The number of nitrogens with zero attached hydrogens (tertiary/aromatic N) is 4. The molecule has 0 spiro atoms. The van der Waals surface area contributed by atoms with Crippen molar-refractivity contribution >= 4 is 5.91 Å². The predicted molar refractivity (Wildman–Crippen MR) is 79.0 cm³/mol. The Bertz CT molecular complexity index is 620. The average molecular weight is 301 g/mol. The van der Waals surface area contributed by atoms with Crippen LogP contribution in [0, 0.1) is 6.92 Å². The molecule has 1 aliphatic rings. The SMILES string of the molecule is Cc1nc(C(=O)NC2CCN(Cc3ccncc3)CC2)no1. The van der Waals surface area contributed by atoms with Crippen LogP contribution in [0.2, 0.25) is 0 Å². The molecule has 0 unspecified atom stereocenters. The van der Waals surface area contributed by atoms with Crippen molar-refractivity contribution in [3.8, 4) is 0 Å². The number of carbonyl (C=O) groups is 1. The van der Waals surface area contributed by atoms with Crippen LogP contribution in [0.15, 0.2) is 29.0 Å². The Morgan fingerprint density at radius 1 is 1.36 bits per heavy atom. The van der Waals surface area contributed by atoms with Gasteiger partial charge >= 0.3 is 0 Å². The molecule has 0 saturated carbocycles. The van der Waals surface area contributed by atoms with Gasteiger partial charge in [0.1, 0.15) is 0 Å². The van der Waals surface area contributed by atoms with Crippen molar-refractivity contribution in [3.63, 3.8) is 0 Å². The Hall–Kier alpha value is -2.28. The van der Waals surface area contributed by atoms with Crippen LogP contribution in [0.25, 0.3) is 0 Å². The maximum absolute atomic E-state index is 12.0. The molecule has 2 aromatic heterocycles. The summed E-state index contributed by atoms with van der Waals surface area (Å²) in [4.78, 5) is 22.3. The molecule has 3 heterocycles. The molecule has 1 amide bonds. The molecular weight excluding hydrogens is 282 g/mol. The van der Waals surface area contributed by atoms with E-state index in [4.69, 9.17) is 4.52 Å². The van der Waals surface area contributed by atoms with E-state index < -0.39 is 0 Å².